The van der Waals surface area contributed by atoms with Crippen molar-refractivity contribution in [3.8, 4) is 11.5 Å². The largest absolute Gasteiger partial charge is 0.493 e. The highest BCUT2D eigenvalue weighted by atomic mass is 16.5. The van der Waals surface area contributed by atoms with Crippen LogP contribution in [0.3, 0.4) is 0 Å². The molecule has 7 amide bonds. The number of urea groups is 1. The molecule has 1 aromatic rings. The minimum atomic E-state index is -1.35. The van der Waals surface area contributed by atoms with Gasteiger partial charge in [-0.15, -0.1) is 0 Å². The van der Waals surface area contributed by atoms with Crippen LogP contribution in [-0.2, 0) is 28.7 Å². The summed E-state index contributed by atoms with van der Waals surface area (Å²) in [6.07, 6.45) is 4.93. The number of methoxy groups -OCH3 is 2. The van der Waals surface area contributed by atoms with E-state index in [0.717, 1.165) is 24.2 Å². The fourth-order valence-electron chi connectivity index (χ4n) is 5.90. The van der Waals surface area contributed by atoms with Gasteiger partial charge in [0.15, 0.2) is 11.5 Å². The molecule has 0 saturated heterocycles. The number of primary amides is 1. The maximum absolute atomic E-state index is 14.0. The Morgan fingerprint density at radius 2 is 1.62 bits per heavy atom. The average Bonchev–Trinajstić information content (AvgIpc) is 3.13. The Morgan fingerprint density at radius 3 is 2.19 bits per heavy atom. The van der Waals surface area contributed by atoms with Crippen LogP contribution in [0.25, 0.3) is 0 Å². The van der Waals surface area contributed by atoms with E-state index in [4.69, 9.17) is 19.9 Å². The third kappa shape index (κ3) is 13.0. The van der Waals surface area contributed by atoms with Crippen molar-refractivity contribution in [1.29, 1.82) is 0 Å². The Balaban J connectivity index is 2.19. The Hall–Kier alpha value is -4.89. The molecule has 16 nitrogen and oxygen atoms in total. The van der Waals surface area contributed by atoms with Gasteiger partial charge < -0.3 is 41.2 Å². The maximum atomic E-state index is 14.0. The lowest BCUT2D eigenvalue weighted by atomic mass is 9.83. The normalized spacial score (nSPS) is 14.6. The molecule has 0 radical (unpaired) electrons. The number of ether oxygens (including phenoxy) is 3. The first-order valence-corrected chi connectivity index (χ1v) is 18.0. The van der Waals surface area contributed by atoms with E-state index in [0.29, 0.717) is 37.9 Å². The van der Waals surface area contributed by atoms with Gasteiger partial charge in [0, 0.05) is 12.1 Å². The molecular formula is C36H56N6O10. The van der Waals surface area contributed by atoms with Crippen LogP contribution in [0.15, 0.2) is 18.2 Å². The van der Waals surface area contributed by atoms with Crippen LogP contribution in [0.5, 0.6) is 11.5 Å². The van der Waals surface area contributed by atoms with E-state index < -0.39 is 66.2 Å². The molecule has 16 heteroatoms. The second kappa shape index (κ2) is 22.1. The highest BCUT2D eigenvalue weighted by Crippen LogP contribution is 2.34. The van der Waals surface area contributed by atoms with Crippen LogP contribution in [-0.4, -0.2) is 92.4 Å². The lowest BCUT2D eigenvalue weighted by molar-refractivity contribution is -0.140. The Kier molecular flexibility index (Phi) is 18.4. The molecule has 0 bridgehead atoms. The fourth-order valence-corrected chi connectivity index (χ4v) is 5.90. The minimum Gasteiger partial charge on any atom is -0.493 e. The molecule has 0 spiro atoms. The molecule has 290 valence electrons. The first-order chi connectivity index (χ1) is 24.8. The molecule has 3 atom stereocenters. The minimum absolute atomic E-state index is 0.0195. The number of unbranched alkanes of at least 4 members (excludes halogenated alkanes) is 1. The van der Waals surface area contributed by atoms with E-state index in [9.17, 15) is 33.6 Å². The number of rotatable bonds is 20. The zero-order valence-corrected chi connectivity index (χ0v) is 31.2. The summed E-state index contributed by atoms with van der Waals surface area (Å²) in [6, 6.07) is 0.0956. The summed E-state index contributed by atoms with van der Waals surface area (Å²) in [7, 11) is 2.76. The third-order valence-corrected chi connectivity index (χ3v) is 8.61. The standard InChI is InChI=1S/C36H56N6O10/c1-7-9-19-42(34(47)28(23-15-11-10-12-16-23)41-36(49)52-21-22(3)4)35(48)39-25(14-8-2)30(44)33(46)38-20-27(43)40-29(32(37)45)24-17-13-18-26(50-5)31(24)51-6/h13,17-18,22-23,25,28-29H,7-12,14-16,19-21H2,1-6H3,(H2,37,45)(H,38,46)(H,39,48)(H,40,43)(H,41,49). The van der Waals surface area contributed by atoms with E-state index in [1.165, 1.54) is 20.3 Å². The van der Waals surface area contributed by atoms with Crippen molar-refractivity contribution >= 4 is 41.5 Å². The lowest BCUT2D eigenvalue weighted by Gasteiger charge is -2.33. The molecule has 52 heavy (non-hydrogen) atoms. The van der Waals surface area contributed by atoms with Crippen LogP contribution in [0.2, 0.25) is 0 Å². The van der Waals surface area contributed by atoms with Gasteiger partial charge >= 0.3 is 12.1 Å². The summed E-state index contributed by atoms with van der Waals surface area (Å²) in [5.41, 5.74) is 5.77. The number of benzene rings is 1. The van der Waals surface area contributed by atoms with Crippen LogP contribution >= 0.6 is 0 Å². The molecule has 0 aliphatic heterocycles. The van der Waals surface area contributed by atoms with E-state index >= 15 is 0 Å². The second-order valence-corrected chi connectivity index (χ2v) is 13.2. The summed E-state index contributed by atoms with van der Waals surface area (Å²) in [6.45, 7) is 6.89. The first kappa shape index (κ1) is 43.3. The highest BCUT2D eigenvalue weighted by Gasteiger charge is 2.38. The van der Waals surface area contributed by atoms with Crippen LogP contribution < -0.4 is 36.5 Å². The van der Waals surface area contributed by atoms with Gasteiger partial charge in [-0.3, -0.25) is 28.9 Å². The van der Waals surface area contributed by atoms with Gasteiger partial charge in [-0.25, -0.2) is 9.59 Å². The number of nitrogens with two attached hydrogens (primary N) is 1. The molecule has 3 unspecified atom stereocenters. The molecule has 1 aliphatic rings. The lowest BCUT2D eigenvalue weighted by Crippen LogP contribution is -2.58. The van der Waals surface area contributed by atoms with Crippen molar-refractivity contribution in [2.45, 2.75) is 104 Å². The number of hydrogen-bond acceptors (Lipinski definition) is 10. The summed E-state index contributed by atoms with van der Waals surface area (Å²) in [5, 5.41) is 9.90. The number of carbonyl (C=O) groups is 7. The number of imide groups is 1. The molecule has 1 aromatic carbocycles. The number of Topliss-reactive ketones (excluding diaryl/α,β-unsaturated/α-hetero) is 1. The van der Waals surface area contributed by atoms with Crippen molar-refractivity contribution in [2.24, 2.45) is 17.6 Å². The molecule has 2 rings (SSSR count). The van der Waals surface area contributed by atoms with Gasteiger partial charge in [0.2, 0.25) is 17.6 Å². The zero-order chi connectivity index (χ0) is 38.8. The number of carbonyl (C=O) groups excluding carboxylic acids is 7. The maximum Gasteiger partial charge on any atom is 0.407 e. The van der Waals surface area contributed by atoms with E-state index in [2.05, 4.69) is 21.3 Å². The second-order valence-electron chi connectivity index (χ2n) is 13.2. The smallest absolute Gasteiger partial charge is 0.407 e. The van der Waals surface area contributed by atoms with Gasteiger partial charge in [-0.1, -0.05) is 71.9 Å². The number of hydrogen-bond donors (Lipinski definition) is 5. The Labute approximate surface area is 305 Å². The molecule has 6 N–H and O–H groups in total. The first-order valence-electron chi connectivity index (χ1n) is 18.0. The third-order valence-electron chi connectivity index (χ3n) is 8.61. The van der Waals surface area contributed by atoms with Gasteiger partial charge in [0.1, 0.15) is 12.1 Å². The Bertz CT molecular complexity index is 1400. The zero-order valence-electron chi connectivity index (χ0n) is 31.2. The van der Waals surface area contributed by atoms with Gasteiger partial charge in [0.05, 0.1) is 33.4 Å². The summed E-state index contributed by atoms with van der Waals surface area (Å²) >= 11 is 0. The van der Waals surface area contributed by atoms with Gasteiger partial charge in [-0.05, 0) is 43.6 Å². The number of amides is 7. The quantitative estimate of drug-likeness (QED) is 0.123. The molecule has 1 aliphatic carbocycles. The fraction of sp³-hybridized carbons (Fsp3) is 0.639. The van der Waals surface area contributed by atoms with Crippen LogP contribution in [0.1, 0.15) is 97.1 Å². The van der Waals surface area contributed by atoms with Crippen LogP contribution in [0, 0.1) is 11.8 Å². The SMILES string of the molecule is CCCCN(C(=O)NC(CCC)C(=O)C(=O)NCC(=O)NC(C(N)=O)c1cccc(OC)c1OC)C(=O)C(NC(=O)OCC(C)C)C1CCCCC1. The number of para-hydroxylation sites is 1. The number of alkyl carbamates (subject to hydrolysis) is 1. The Morgan fingerprint density at radius 1 is 0.923 bits per heavy atom. The van der Waals surface area contributed by atoms with Gasteiger partial charge in [0.25, 0.3) is 11.8 Å². The van der Waals surface area contributed by atoms with Crippen molar-refractivity contribution in [2.75, 3.05) is 33.9 Å². The van der Waals surface area contributed by atoms with E-state index in [1.54, 1.807) is 19.1 Å². The predicted molar refractivity (Wildman–Crippen MR) is 191 cm³/mol. The number of ketones is 1. The van der Waals surface area contributed by atoms with Crippen LogP contribution in [0.4, 0.5) is 9.59 Å². The number of nitrogens with one attached hydrogen (secondary N) is 4. The average molecular weight is 733 g/mol. The number of nitrogens with zero attached hydrogens (tertiary/aromatic N) is 1. The summed E-state index contributed by atoms with van der Waals surface area (Å²) < 4.78 is 15.9. The van der Waals surface area contributed by atoms with Crippen molar-refractivity contribution in [3.63, 3.8) is 0 Å². The predicted octanol–water partition coefficient (Wildman–Crippen LogP) is 2.87. The molecule has 1 fully saturated rings. The van der Waals surface area contributed by atoms with Crippen molar-refractivity contribution in [1.82, 2.24) is 26.2 Å². The topological polar surface area (TPSA) is 225 Å². The summed E-state index contributed by atoms with van der Waals surface area (Å²) in [4.78, 5) is 92.9. The molecule has 0 aromatic heterocycles. The molecular weight excluding hydrogens is 676 g/mol. The van der Waals surface area contributed by atoms with Gasteiger partial charge in [-0.2, -0.15) is 0 Å². The van der Waals surface area contributed by atoms with Crippen molar-refractivity contribution < 1.29 is 47.8 Å². The molecule has 0 heterocycles. The van der Waals surface area contributed by atoms with E-state index in [1.807, 2.05) is 20.8 Å². The van der Waals surface area contributed by atoms with E-state index in [-0.39, 0.29) is 42.7 Å². The molecule has 1 saturated carbocycles. The monoisotopic (exact) mass is 732 g/mol. The van der Waals surface area contributed by atoms with Crippen molar-refractivity contribution in [3.05, 3.63) is 23.8 Å². The summed E-state index contributed by atoms with van der Waals surface area (Å²) in [5.74, 6) is -4.24. The highest BCUT2D eigenvalue weighted by molar-refractivity contribution is 6.38.